The minimum absolute atomic E-state index is 0.165. The molecule has 0 fully saturated rings. The number of hydrogen-bond donors (Lipinski definition) is 2. The maximum absolute atomic E-state index is 5.43. The first-order valence-corrected chi connectivity index (χ1v) is 5.34. The standard InChI is InChI=1S/C10H19N5O2/c1-10(2,3)5-6-17-9-13-7(15-11)12-8(14-9)16-4/h5-6,11H2,1-4H3,(H,12,13,14,15). The van der Waals surface area contributed by atoms with Crippen molar-refractivity contribution in [3.8, 4) is 12.0 Å². The lowest BCUT2D eigenvalue weighted by atomic mass is 9.93. The molecule has 0 saturated heterocycles. The van der Waals surface area contributed by atoms with E-state index in [-0.39, 0.29) is 23.4 Å². The zero-order chi connectivity index (χ0) is 12.9. The number of hydrogen-bond acceptors (Lipinski definition) is 7. The number of nitrogens with one attached hydrogen (secondary N) is 1. The summed E-state index contributed by atoms with van der Waals surface area (Å²) in [4.78, 5) is 11.8. The molecule has 0 unspecified atom stereocenters. The molecule has 3 N–H and O–H groups in total. The third kappa shape index (κ3) is 4.81. The van der Waals surface area contributed by atoms with Gasteiger partial charge in [-0.25, -0.2) is 5.84 Å². The number of nitrogen functional groups attached to an aromatic ring is 1. The number of nitrogens with two attached hydrogens (primary N) is 1. The first-order chi connectivity index (χ1) is 7.94. The van der Waals surface area contributed by atoms with E-state index in [1.54, 1.807) is 0 Å². The summed E-state index contributed by atoms with van der Waals surface area (Å²) < 4.78 is 10.3. The van der Waals surface area contributed by atoms with Crippen molar-refractivity contribution in [2.75, 3.05) is 19.1 Å². The molecule has 0 spiro atoms. The largest absolute Gasteiger partial charge is 0.467 e. The average Bonchev–Trinajstić information content (AvgIpc) is 2.26. The maximum Gasteiger partial charge on any atom is 0.324 e. The highest BCUT2D eigenvalue weighted by atomic mass is 16.5. The van der Waals surface area contributed by atoms with Crippen molar-refractivity contribution in [3.63, 3.8) is 0 Å². The number of ether oxygens (including phenoxy) is 2. The van der Waals surface area contributed by atoms with Crippen LogP contribution in [-0.4, -0.2) is 28.7 Å². The monoisotopic (exact) mass is 241 g/mol. The summed E-state index contributed by atoms with van der Waals surface area (Å²) in [7, 11) is 1.47. The fourth-order valence-corrected chi connectivity index (χ4v) is 1.01. The molecule has 17 heavy (non-hydrogen) atoms. The van der Waals surface area contributed by atoms with Crippen LogP contribution >= 0.6 is 0 Å². The molecule has 0 saturated carbocycles. The highest BCUT2D eigenvalue weighted by Crippen LogP contribution is 2.19. The number of hydrazine groups is 1. The summed E-state index contributed by atoms with van der Waals surface area (Å²) in [6.07, 6.45) is 0.895. The summed E-state index contributed by atoms with van der Waals surface area (Å²) in [6, 6.07) is 0.368. The Morgan fingerprint density at radius 2 is 1.82 bits per heavy atom. The lowest BCUT2D eigenvalue weighted by Crippen LogP contribution is -2.15. The molecule has 7 heteroatoms. The van der Waals surface area contributed by atoms with Gasteiger partial charge in [0.15, 0.2) is 0 Å². The van der Waals surface area contributed by atoms with Crippen LogP contribution in [-0.2, 0) is 0 Å². The zero-order valence-electron chi connectivity index (χ0n) is 10.6. The van der Waals surface area contributed by atoms with E-state index in [1.165, 1.54) is 7.11 Å². The Kier molecular flexibility index (Phi) is 4.45. The predicted molar refractivity (Wildman–Crippen MR) is 63.8 cm³/mol. The fraction of sp³-hybridized carbons (Fsp3) is 0.700. The van der Waals surface area contributed by atoms with Crippen molar-refractivity contribution in [1.29, 1.82) is 0 Å². The van der Waals surface area contributed by atoms with Gasteiger partial charge in [-0.15, -0.1) is 4.98 Å². The molecule has 0 aliphatic carbocycles. The quantitative estimate of drug-likeness (QED) is 0.586. The number of nitrogens with zero attached hydrogens (tertiary/aromatic N) is 3. The lowest BCUT2D eigenvalue weighted by molar-refractivity contribution is 0.225. The van der Waals surface area contributed by atoms with Gasteiger partial charge in [0.25, 0.3) is 0 Å². The molecule has 1 aromatic rings. The second-order valence-corrected chi connectivity index (χ2v) is 4.73. The van der Waals surface area contributed by atoms with Crippen molar-refractivity contribution in [3.05, 3.63) is 0 Å². The topological polar surface area (TPSA) is 95.2 Å². The first kappa shape index (κ1) is 13.4. The van der Waals surface area contributed by atoms with E-state index in [4.69, 9.17) is 15.3 Å². The molecule has 0 radical (unpaired) electrons. The Morgan fingerprint density at radius 3 is 2.35 bits per heavy atom. The van der Waals surface area contributed by atoms with Gasteiger partial charge in [-0.05, 0) is 11.8 Å². The average molecular weight is 241 g/mol. The molecule has 0 aromatic carbocycles. The number of anilines is 1. The zero-order valence-corrected chi connectivity index (χ0v) is 10.6. The van der Waals surface area contributed by atoms with Crippen molar-refractivity contribution in [1.82, 2.24) is 15.0 Å². The van der Waals surface area contributed by atoms with E-state index in [0.717, 1.165) is 6.42 Å². The van der Waals surface area contributed by atoms with Gasteiger partial charge >= 0.3 is 12.0 Å². The fourth-order valence-electron chi connectivity index (χ4n) is 1.01. The van der Waals surface area contributed by atoms with Crippen LogP contribution in [0.2, 0.25) is 0 Å². The predicted octanol–water partition coefficient (Wildman–Crippen LogP) is 0.981. The molecule has 1 heterocycles. The third-order valence-corrected chi connectivity index (χ3v) is 1.99. The minimum Gasteiger partial charge on any atom is -0.467 e. The van der Waals surface area contributed by atoms with Crippen LogP contribution in [0.25, 0.3) is 0 Å². The Balaban J connectivity index is 2.64. The maximum atomic E-state index is 5.43. The van der Waals surface area contributed by atoms with Crippen molar-refractivity contribution in [2.24, 2.45) is 11.3 Å². The molecule has 0 amide bonds. The van der Waals surface area contributed by atoms with Crippen LogP contribution in [0.15, 0.2) is 0 Å². The summed E-state index contributed by atoms with van der Waals surface area (Å²) >= 11 is 0. The highest BCUT2D eigenvalue weighted by molar-refractivity contribution is 5.25. The van der Waals surface area contributed by atoms with Gasteiger partial charge < -0.3 is 9.47 Å². The minimum atomic E-state index is 0.165. The lowest BCUT2D eigenvalue weighted by Gasteiger charge is -2.17. The summed E-state index contributed by atoms with van der Waals surface area (Å²) in [5, 5.41) is 0. The number of aromatic nitrogens is 3. The number of methoxy groups -OCH3 is 1. The third-order valence-electron chi connectivity index (χ3n) is 1.99. The van der Waals surface area contributed by atoms with E-state index in [1.807, 2.05) is 0 Å². The van der Waals surface area contributed by atoms with Gasteiger partial charge in [0.1, 0.15) is 0 Å². The molecular formula is C10H19N5O2. The normalized spacial score (nSPS) is 11.1. The van der Waals surface area contributed by atoms with Crippen LogP contribution in [0.4, 0.5) is 5.95 Å². The molecule has 0 atom stereocenters. The molecular weight excluding hydrogens is 222 g/mol. The second kappa shape index (κ2) is 5.62. The van der Waals surface area contributed by atoms with Gasteiger partial charge in [0.05, 0.1) is 13.7 Å². The second-order valence-electron chi connectivity index (χ2n) is 4.73. The Labute approximate surface area is 101 Å². The summed E-state index contributed by atoms with van der Waals surface area (Å²) in [6.45, 7) is 6.94. The first-order valence-electron chi connectivity index (χ1n) is 5.34. The van der Waals surface area contributed by atoms with E-state index in [9.17, 15) is 0 Å². The van der Waals surface area contributed by atoms with E-state index < -0.39 is 0 Å². The van der Waals surface area contributed by atoms with Crippen LogP contribution < -0.4 is 20.7 Å². The Morgan fingerprint density at radius 1 is 1.18 bits per heavy atom. The summed E-state index contributed by atoms with van der Waals surface area (Å²) in [5.74, 6) is 5.44. The van der Waals surface area contributed by atoms with Gasteiger partial charge in [-0.1, -0.05) is 20.8 Å². The smallest absolute Gasteiger partial charge is 0.324 e. The van der Waals surface area contributed by atoms with Gasteiger partial charge in [0, 0.05) is 0 Å². The van der Waals surface area contributed by atoms with Crippen LogP contribution in [0.5, 0.6) is 12.0 Å². The van der Waals surface area contributed by atoms with E-state index >= 15 is 0 Å². The number of rotatable bonds is 5. The molecule has 0 aliphatic heterocycles. The molecule has 7 nitrogen and oxygen atoms in total. The van der Waals surface area contributed by atoms with E-state index in [2.05, 4.69) is 41.1 Å². The SMILES string of the molecule is COc1nc(NN)nc(OCCC(C)(C)C)n1. The Hall–Kier alpha value is -1.63. The molecule has 0 bridgehead atoms. The highest BCUT2D eigenvalue weighted by Gasteiger charge is 2.12. The van der Waals surface area contributed by atoms with Crippen molar-refractivity contribution >= 4 is 5.95 Å². The van der Waals surface area contributed by atoms with Crippen LogP contribution in [0.3, 0.4) is 0 Å². The molecule has 1 rings (SSSR count). The van der Waals surface area contributed by atoms with Crippen LogP contribution in [0.1, 0.15) is 27.2 Å². The molecule has 1 aromatic heterocycles. The van der Waals surface area contributed by atoms with Crippen molar-refractivity contribution in [2.45, 2.75) is 27.2 Å². The molecule has 96 valence electrons. The van der Waals surface area contributed by atoms with Gasteiger partial charge in [-0.2, -0.15) is 9.97 Å². The molecule has 0 aliphatic rings. The van der Waals surface area contributed by atoms with E-state index in [0.29, 0.717) is 6.61 Å². The van der Waals surface area contributed by atoms with Crippen LogP contribution in [0, 0.1) is 5.41 Å². The summed E-state index contributed by atoms with van der Waals surface area (Å²) in [5.41, 5.74) is 2.53. The van der Waals surface area contributed by atoms with Gasteiger partial charge in [0.2, 0.25) is 5.95 Å². The van der Waals surface area contributed by atoms with Crippen molar-refractivity contribution < 1.29 is 9.47 Å². The Bertz CT molecular complexity index is 342. The van der Waals surface area contributed by atoms with Gasteiger partial charge in [-0.3, -0.25) is 5.43 Å².